The summed E-state index contributed by atoms with van der Waals surface area (Å²) < 4.78 is 20.2. The number of aromatic nitrogens is 1. The lowest BCUT2D eigenvalue weighted by atomic mass is 9.92. The first-order chi connectivity index (χ1) is 21.2. The zero-order valence-electron chi connectivity index (χ0n) is 24.9. The predicted molar refractivity (Wildman–Crippen MR) is 169 cm³/mol. The molecule has 4 heterocycles. The lowest BCUT2D eigenvalue weighted by Gasteiger charge is -2.32. The number of carbonyl (C=O) groups excluding carboxylic acids is 1. The third kappa shape index (κ3) is 6.78. The molecule has 11 heteroatoms. The second kappa shape index (κ2) is 13.3. The first kappa shape index (κ1) is 30.6. The molecule has 0 radical (unpaired) electrons. The average molecular weight is 623 g/mol. The van der Waals surface area contributed by atoms with Crippen LogP contribution in [0.25, 0.3) is 17.5 Å². The largest absolute Gasteiger partial charge is 0.448 e. The number of cyclic esters (lactones) is 1. The monoisotopic (exact) mass is 622 g/mol. The molecule has 9 nitrogen and oxygen atoms in total. The molecule has 3 aliphatic rings. The molecule has 234 valence electrons. The summed E-state index contributed by atoms with van der Waals surface area (Å²) in [6, 6.07) is 14.1. The third-order valence-corrected chi connectivity index (χ3v) is 9.04. The standard InChI is InChI=1S/C33H40ClFN6O3/c1-20(36)4-2-5-21-16-26(30(35)27(34)17-21)29-18-23-19-41(32(42)39-31(23)38-29)25-10-8-22(9-11-25)28-7-3-6-24(37-28)12-13-40-14-15-44-33(40)43/h8-11,16-20,24,28,32,37,42H,2-7,12-15,36H2,1H3,(H,38,39)/t20-,24-,28-,32?/m0/s1. The summed E-state index contributed by atoms with van der Waals surface area (Å²) in [5, 5.41) is 15.5. The molecule has 1 amide bonds. The van der Waals surface area contributed by atoms with Crippen LogP contribution in [0.1, 0.15) is 62.6 Å². The van der Waals surface area contributed by atoms with E-state index in [4.69, 9.17) is 22.1 Å². The van der Waals surface area contributed by atoms with Crippen molar-refractivity contribution < 1.29 is 19.0 Å². The van der Waals surface area contributed by atoms with Crippen LogP contribution in [-0.2, 0) is 11.2 Å². The number of nitrogens with two attached hydrogens (primary N) is 1. The summed E-state index contributed by atoms with van der Waals surface area (Å²) in [7, 11) is 0. The molecule has 1 unspecified atom stereocenters. The number of fused-ring (bicyclic) bond motifs is 1. The minimum Gasteiger partial charge on any atom is -0.448 e. The van der Waals surface area contributed by atoms with Crippen molar-refractivity contribution >= 4 is 29.6 Å². The van der Waals surface area contributed by atoms with Gasteiger partial charge in [0.2, 0.25) is 6.35 Å². The number of carbonyl (C=O) groups is 1. The SMILES string of the molecule is C[C@H](N)CCCc1cc(Cl)c(F)c(-c2cc3c([nH]2)=NC(O)N(c2ccc([C@@H]4CCC[C@@H](CCN5CCOC5=O)N4)cc2)C=3)c1. The average Bonchev–Trinajstić information content (AvgIpc) is 3.62. The number of nitrogens with one attached hydrogen (secondary N) is 2. The Balaban J connectivity index is 1.16. The molecule has 5 N–H and O–H groups in total. The van der Waals surface area contributed by atoms with Gasteiger partial charge in [0.15, 0.2) is 5.82 Å². The predicted octanol–water partition coefficient (Wildman–Crippen LogP) is 4.32. The smallest absolute Gasteiger partial charge is 0.409 e. The maximum atomic E-state index is 15.1. The van der Waals surface area contributed by atoms with Crippen molar-refractivity contribution in [2.75, 3.05) is 24.6 Å². The number of halogens is 2. The van der Waals surface area contributed by atoms with Gasteiger partial charge in [-0.15, -0.1) is 0 Å². The minimum atomic E-state index is -1.13. The molecule has 2 saturated heterocycles. The van der Waals surface area contributed by atoms with E-state index in [0.717, 1.165) is 61.4 Å². The number of aryl methyl sites for hydroxylation is 1. The van der Waals surface area contributed by atoms with E-state index in [2.05, 4.69) is 27.4 Å². The van der Waals surface area contributed by atoms with Gasteiger partial charge in [-0.25, -0.2) is 14.2 Å². The second-order valence-electron chi connectivity index (χ2n) is 12.1. The van der Waals surface area contributed by atoms with Gasteiger partial charge in [0.25, 0.3) is 0 Å². The van der Waals surface area contributed by atoms with Gasteiger partial charge < -0.3 is 35.7 Å². The van der Waals surface area contributed by atoms with Crippen molar-refractivity contribution in [3.63, 3.8) is 0 Å². The molecule has 4 atom stereocenters. The van der Waals surface area contributed by atoms with Crippen molar-refractivity contribution in [3.05, 3.63) is 75.1 Å². The van der Waals surface area contributed by atoms with Crippen molar-refractivity contribution in [2.24, 2.45) is 10.7 Å². The Bertz CT molecular complexity index is 1610. The highest BCUT2D eigenvalue weighted by molar-refractivity contribution is 6.31. The van der Waals surface area contributed by atoms with Gasteiger partial charge in [-0.1, -0.05) is 30.2 Å². The molecular formula is C33H40ClFN6O3. The summed E-state index contributed by atoms with van der Waals surface area (Å²) in [6.07, 6.45) is 7.13. The summed E-state index contributed by atoms with van der Waals surface area (Å²) in [5.41, 5.74) is 10.2. The molecule has 3 aromatic rings. The van der Waals surface area contributed by atoms with Gasteiger partial charge in [0.1, 0.15) is 12.1 Å². The van der Waals surface area contributed by atoms with Crippen LogP contribution in [0.2, 0.25) is 5.02 Å². The summed E-state index contributed by atoms with van der Waals surface area (Å²) in [6.45, 7) is 3.82. The number of H-pyrrole nitrogens is 1. The molecule has 0 aliphatic carbocycles. The number of ether oxygens (including phenoxy) is 1. The van der Waals surface area contributed by atoms with Crippen molar-refractivity contribution in [2.45, 2.75) is 76.3 Å². The fraction of sp³-hybridized carbons (Fsp3) is 0.455. The number of anilines is 1. The normalized spacial score (nSPS) is 22.3. The highest BCUT2D eigenvalue weighted by Crippen LogP contribution is 2.31. The van der Waals surface area contributed by atoms with Crippen LogP contribution in [0.5, 0.6) is 0 Å². The van der Waals surface area contributed by atoms with Crippen LogP contribution in [0.3, 0.4) is 0 Å². The lowest BCUT2D eigenvalue weighted by Crippen LogP contribution is -2.41. The molecular weight excluding hydrogens is 583 g/mol. The zero-order valence-corrected chi connectivity index (χ0v) is 25.7. The first-order valence-electron chi connectivity index (χ1n) is 15.5. The van der Waals surface area contributed by atoms with Crippen LogP contribution in [0, 0.1) is 5.82 Å². The Morgan fingerprint density at radius 3 is 2.80 bits per heavy atom. The van der Waals surface area contributed by atoms with Crippen LogP contribution in [0.4, 0.5) is 14.9 Å². The molecule has 44 heavy (non-hydrogen) atoms. The van der Waals surface area contributed by atoms with E-state index < -0.39 is 12.2 Å². The first-order valence-corrected chi connectivity index (χ1v) is 15.9. The summed E-state index contributed by atoms with van der Waals surface area (Å²) in [5.74, 6) is -0.494. The van der Waals surface area contributed by atoms with E-state index in [1.165, 1.54) is 5.56 Å². The van der Waals surface area contributed by atoms with Crippen LogP contribution in [-0.4, -0.2) is 59.2 Å². The number of aliphatic hydroxyl groups excluding tert-OH is 1. The third-order valence-electron chi connectivity index (χ3n) is 8.77. The number of hydrogen-bond acceptors (Lipinski definition) is 7. The Morgan fingerprint density at radius 1 is 1.23 bits per heavy atom. The second-order valence-corrected chi connectivity index (χ2v) is 12.5. The van der Waals surface area contributed by atoms with E-state index in [9.17, 15) is 9.90 Å². The zero-order chi connectivity index (χ0) is 30.8. The number of aliphatic hydroxyl groups is 1. The van der Waals surface area contributed by atoms with Crippen LogP contribution in [0.15, 0.2) is 47.5 Å². The van der Waals surface area contributed by atoms with Gasteiger partial charge in [-0.05, 0) is 86.9 Å². The highest BCUT2D eigenvalue weighted by Gasteiger charge is 2.27. The number of hydrogen-bond donors (Lipinski definition) is 4. The molecule has 3 aliphatic heterocycles. The number of amides is 1. The van der Waals surface area contributed by atoms with Gasteiger partial charge in [0.05, 0.1) is 17.3 Å². The molecule has 1 aromatic heterocycles. The van der Waals surface area contributed by atoms with E-state index in [1.807, 2.05) is 37.4 Å². The molecule has 6 rings (SSSR count). The van der Waals surface area contributed by atoms with E-state index in [-0.39, 0.29) is 23.2 Å². The lowest BCUT2D eigenvalue weighted by molar-refractivity contribution is 0.156. The fourth-order valence-corrected chi connectivity index (χ4v) is 6.60. The quantitative estimate of drug-likeness (QED) is 0.267. The van der Waals surface area contributed by atoms with Crippen molar-refractivity contribution in [3.8, 4) is 11.3 Å². The maximum Gasteiger partial charge on any atom is 0.409 e. The molecule has 0 saturated carbocycles. The van der Waals surface area contributed by atoms with Gasteiger partial charge in [-0.2, -0.15) is 0 Å². The summed E-state index contributed by atoms with van der Waals surface area (Å²) in [4.78, 5) is 22.9. The highest BCUT2D eigenvalue weighted by atomic mass is 35.5. The van der Waals surface area contributed by atoms with Gasteiger partial charge >= 0.3 is 6.09 Å². The van der Waals surface area contributed by atoms with E-state index in [0.29, 0.717) is 42.5 Å². The Kier molecular flexibility index (Phi) is 9.23. The Morgan fingerprint density at radius 2 is 2.05 bits per heavy atom. The van der Waals surface area contributed by atoms with Crippen LogP contribution < -0.4 is 26.7 Å². The Labute approximate surface area is 261 Å². The maximum absolute atomic E-state index is 15.1. The van der Waals surface area contributed by atoms with Gasteiger partial charge in [0, 0.05) is 47.3 Å². The van der Waals surface area contributed by atoms with Crippen molar-refractivity contribution in [1.82, 2.24) is 15.2 Å². The Hall–Kier alpha value is -3.44. The molecule has 2 aromatic carbocycles. The fourth-order valence-electron chi connectivity index (χ4n) is 6.36. The van der Waals surface area contributed by atoms with Crippen LogP contribution >= 0.6 is 11.6 Å². The molecule has 2 fully saturated rings. The number of nitrogens with zero attached hydrogens (tertiary/aromatic N) is 3. The van der Waals surface area contributed by atoms with E-state index >= 15 is 4.39 Å². The molecule has 0 spiro atoms. The number of aromatic amines is 1. The number of piperidine rings is 1. The van der Waals surface area contributed by atoms with E-state index in [1.54, 1.807) is 15.9 Å². The number of rotatable bonds is 10. The minimum absolute atomic E-state index is 0.0728. The summed E-state index contributed by atoms with van der Waals surface area (Å²) >= 11 is 6.27. The topological polar surface area (TPSA) is 119 Å². The number of benzene rings is 2. The van der Waals surface area contributed by atoms with Gasteiger partial charge in [-0.3, -0.25) is 0 Å². The molecule has 0 bridgehead atoms. The van der Waals surface area contributed by atoms with Crippen molar-refractivity contribution in [1.29, 1.82) is 0 Å².